The standard InChI is InChI=1S/C23H19BrCl2N2O3/c1-31-21(29)13-27-22(15-6-2-4-8-18(15)25)17-12-14(24)10-11-20(17)28-23(30)16-7-3-5-9-19(16)26/h2-12,22,27H,13H2,1H3,(H,28,30)/t22-/m0/s1. The summed E-state index contributed by atoms with van der Waals surface area (Å²) in [4.78, 5) is 24.7. The lowest BCUT2D eigenvalue weighted by Crippen LogP contribution is -2.30. The van der Waals surface area contributed by atoms with E-state index >= 15 is 0 Å². The number of nitrogens with one attached hydrogen (secondary N) is 2. The normalized spacial score (nSPS) is 11.6. The Morgan fingerprint density at radius 2 is 1.65 bits per heavy atom. The molecule has 0 aliphatic heterocycles. The van der Waals surface area contributed by atoms with Gasteiger partial charge in [-0.15, -0.1) is 0 Å². The number of benzene rings is 3. The number of anilines is 1. The summed E-state index contributed by atoms with van der Waals surface area (Å²) in [6.45, 7) is -0.0448. The van der Waals surface area contributed by atoms with Gasteiger partial charge in [0.05, 0.1) is 30.3 Å². The molecular weight excluding hydrogens is 503 g/mol. The van der Waals surface area contributed by atoms with E-state index in [4.69, 9.17) is 27.9 Å². The molecule has 2 N–H and O–H groups in total. The van der Waals surface area contributed by atoms with Crippen LogP contribution in [0.3, 0.4) is 0 Å². The lowest BCUT2D eigenvalue weighted by molar-refractivity contribution is -0.139. The zero-order chi connectivity index (χ0) is 22.4. The van der Waals surface area contributed by atoms with E-state index in [-0.39, 0.29) is 12.5 Å². The molecule has 0 aromatic heterocycles. The predicted molar refractivity (Wildman–Crippen MR) is 127 cm³/mol. The zero-order valence-corrected chi connectivity index (χ0v) is 19.6. The number of carbonyl (C=O) groups is 2. The number of carbonyl (C=O) groups excluding carboxylic acids is 2. The number of amides is 1. The molecule has 3 rings (SSSR count). The van der Waals surface area contributed by atoms with Crippen LogP contribution in [0.2, 0.25) is 10.0 Å². The van der Waals surface area contributed by atoms with Crippen molar-refractivity contribution in [2.75, 3.05) is 19.0 Å². The molecule has 0 fully saturated rings. The maximum atomic E-state index is 12.9. The monoisotopic (exact) mass is 520 g/mol. The smallest absolute Gasteiger partial charge is 0.319 e. The summed E-state index contributed by atoms with van der Waals surface area (Å²) in [5.74, 6) is -0.770. The molecule has 0 heterocycles. The number of esters is 1. The van der Waals surface area contributed by atoms with E-state index in [1.165, 1.54) is 7.11 Å². The minimum atomic E-state index is -0.494. The van der Waals surface area contributed by atoms with Gasteiger partial charge < -0.3 is 10.1 Å². The number of methoxy groups -OCH3 is 1. The number of halogens is 3. The van der Waals surface area contributed by atoms with Crippen molar-refractivity contribution < 1.29 is 14.3 Å². The minimum Gasteiger partial charge on any atom is -0.468 e. The van der Waals surface area contributed by atoms with Gasteiger partial charge in [0.2, 0.25) is 0 Å². The van der Waals surface area contributed by atoms with Crippen LogP contribution in [0.15, 0.2) is 71.2 Å². The van der Waals surface area contributed by atoms with Gasteiger partial charge in [0, 0.05) is 15.2 Å². The molecule has 0 aliphatic rings. The highest BCUT2D eigenvalue weighted by atomic mass is 79.9. The van der Waals surface area contributed by atoms with Gasteiger partial charge in [-0.25, -0.2) is 0 Å². The topological polar surface area (TPSA) is 67.4 Å². The van der Waals surface area contributed by atoms with Gasteiger partial charge in [-0.3, -0.25) is 14.9 Å². The average molecular weight is 522 g/mol. The molecule has 0 spiro atoms. The number of hydrogen-bond acceptors (Lipinski definition) is 4. The second-order valence-electron chi connectivity index (χ2n) is 6.58. The molecule has 3 aromatic carbocycles. The van der Waals surface area contributed by atoms with Crippen LogP contribution in [0.4, 0.5) is 5.69 Å². The molecule has 3 aromatic rings. The largest absolute Gasteiger partial charge is 0.468 e. The minimum absolute atomic E-state index is 0.0448. The summed E-state index contributed by atoms with van der Waals surface area (Å²) >= 11 is 16.1. The fourth-order valence-electron chi connectivity index (χ4n) is 3.08. The highest BCUT2D eigenvalue weighted by molar-refractivity contribution is 9.10. The van der Waals surface area contributed by atoms with Crippen LogP contribution in [0.1, 0.15) is 27.5 Å². The highest BCUT2D eigenvalue weighted by Gasteiger charge is 2.22. The Bertz CT molecular complexity index is 1110. The molecule has 0 unspecified atom stereocenters. The van der Waals surface area contributed by atoms with E-state index in [1.807, 2.05) is 30.3 Å². The molecule has 8 heteroatoms. The van der Waals surface area contributed by atoms with Crippen molar-refractivity contribution in [3.05, 3.63) is 97.9 Å². The Morgan fingerprint density at radius 1 is 0.968 bits per heavy atom. The average Bonchev–Trinajstić information content (AvgIpc) is 2.76. The van der Waals surface area contributed by atoms with Crippen molar-refractivity contribution >= 4 is 56.7 Å². The Labute approximate surface area is 198 Å². The summed E-state index contributed by atoms with van der Waals surface area (Å²) in [5, 5.41) is 6.97. The third kappa shape index (κ3) is 5.86. The first-order valence-corrected chi connectivity index (χ1v) is 10.9. The number of rotatable bonds is 7. The van der Waals surface area contributed by atoms with Crippen LogP contribution >= 0.6 is 39.1 Å². The van der Waals surface area contributed by atoms with Crippen LogP contribution in [-0.2, 0) is 9.53 Å². The molecule has 0 saturated heterocycles. The molecule has 5 nitrogen and oxygen atoms in total. The Morgan fingerprint density at radius 3 is 2.32 bits per heavy atom. The van der Waals surface area contributed by atoms with Crippen LogP contribution in [0, 0.1) is 0 Å². The quantitative estimate of drug-likeness (QED) is 0.382. The summed E-state index contributed by atoms with van der Waals surface area (Å²) in [5.41, 5.74) is 2.37. The Hall–Kier alpha value is -2.38. The number of ether oxygens (including phenoxy) is 1. The van der Waals surface area contributed by atoms with Crippen LogP contribution < -0.4 is 10.6 Å². The second kappa shape index (κ2) is 10.8. The third-order valence-corrected chi connectivity index (χ3v) is 5.75. The van der Waals surface area contributed by atoms with Crippen molar-refractivity contribution in [2.45, 2.75) is 6.04 Å². The molecule has 31 heavy (non-hydrogen) atoms. The maximum Gasteiger partial charge on any atom is 0.319 e. The lowest BCUT2D eigenvalue weighted by atomic mass is 9.96. The maximum absolute atomic E-state index is 12.9. The van der Waals surface area contributed by atoms with Gasteiger partial charge >= 0.3 is 5.97 Å². The molecule has 0 bridgehead atoms. The van der Waals surface area contributed by atoms with Crippen LogP contribution in [0.25, 0.3) is 0 Å². The molecular formula is C23H19BrCl2N2O3. The summed E-state index contributed by atoms with van der Waals surface area (Å²) in [6.07, 6.45) is 0. The van der Waals surface area contributed by atoms with Crippen LogP contribution in [-0.4, -0.2) is 25.5 Å². The Kier molecular flexibility index (Phi) is 8.09. The highest BCUT2D eigenvalue weighted by Crippen LogP contribution is 2.34. The van der Waals surface area contributed by atoms with Crippen molar-refractivity contribution in [2.24, 2.45) is 0 Å². The van der Waals surface area contributed by atoms with Gasteiger partial charge in [0.25, 0.3) is 5.91 Å². The van der Waals surface area contributed by atoms with E-state index in [9.17, 15) is 9.59 Å². The molecule has 160 valence electrons. The van der Waals surface area contributed by atoms with Crippen molar-refractivity contribution in [3.8, 4) is 0 Å². The third-order valence-electron chi connectivity index (χ3n) is 4.59. The van der Waals surface area contributed by atoms with Gasteiger partial charge in [0.15, 0.2) is 0 Å². The fourth-order valence-corrected chi connectivity index (χ4v) is 3.92. The van der Waals surface area contributed by atoms with Crippen molar-refractivity contribution in [1.29, 1.82) is 0 Å². The van der Waals surface area contributed by atoms with Crippen LogP contribution in [0.5, 0.6) is 0 Å². The summed E-state index contributed by atoms with van der Waals surface area (Å²) in [7, 11) is 1.32. The predicted octanol–water partition coefficient (Wildman–Crippen LogP) is 5.86. The van der Waals surface area contributed by atoms with E-state index in [0.717, 1.165) is 10.0 Å². The van der Waals surface area contributed by atoms with Crippen molar-refractivity contribution in [3.63, 3.8) is 0 Å². The first kappa shape index (κ1) is 23.3. The van der Waals surface area contributed by atoms with Gasteiger partial charge in [-0.2, -0.15) is 0 Å². The van der Waals surface area contributed by atoms with E-state index in [0.29, 0.717) is 26.9 Å². The zero-order valence-electron chi connectivity index (χ0n) is 16.5. The van der Waals surface area contributed by atoms with E-state index in [1.54, 1.807) is 36.4 Å². The first-order valence-electron chi connectivity index (χ1n) is 9.30. The fraction of sp³-hybridized carbons (Fsp3) is 0.130. The first-order chi connectivity index (χ1) is 14.9. The SMILES string of the molecule is COC(=O)CN[C@@H](c1ccccc1Cl)c1cc(Br)ccc1NC(=O)c1ccccc1Cl. The van der Waals surface area contributed by atoms with Gasteiger partial charge in [-0.05, 0) is 47.5 Å². The van der Waals surface area contributed by atoms with Gasteiger partial charge in [-0.1, -0.05) is 69.5 Å². The van der Waals surface area contributed by atoms with Crippen molar-refractivity contribution in [1.82, 2.24) is 5.32 Å². The second-order valence-corrected chi connectivity index (χ2v) is 8.31. The summed E-state index contributed by atoms with van der Waals surface area (Å²) < 4.78 is 5.57. The van der Waals surface area contributed by atoms with E-state index in [2.05, 4.69) is 26.6 Å². The van der Waals surface area contributed by atoms with Gasteiger partial charge in [0.1, 0.15) is 0 Å². The lowest BCUT2D eigenvalue weighted by Gasteiger charge is -2.24. The molecule has 0 saturated carbocycles. The Balaban J connectivity index is 2.03. The van der Waals surface area contributed by atoms with E-state index < -0.39 is 12.0 Å². The molecule has 1 amide bonds. The molecule has 1 atom stereocenters. The number of hydrogen-bond donors (Lipinski definition) is 2. The summed E-state index contributed by atoms with van der Waals surface area (Å²) in [6, 6.07) is 19.1. The molecule has 0 aliphatic carbocycles. The molecule has 0 radical (unpaired) electrons.